The first-order valence-corrected chi connectivity index (χ1v) is 11.1. The maximum atomic E-state index is 13.2. The number of hydrogen-bond donors (Lipinski definition) is 1. The van der Waals surface area contributed by atoms with Gasteiger partial charge in [-0.1, -0.05) is 60.2 Å². The van der Waals surface area contributed by atoms with E-state index in [0.29, 0.717) is 30.3 Å². The van der Waals surface area contributed by atoms with Crippen LogP contribution in [0.25, 0.3) is 11.4 Å². The van der Waals surface area contributed by atoms with Gasteiger partial charge in [-0.25, -0.2) is 9.97 Å². The summed E-state index contributed by atoms with van der Waals surface area (Å²) >= 11 is 0. The van der Waals surface area contributed by atoms with Crippen LogP contribution in [0.15, 0.2) is 79.1 Å². The van der Waals surface area contributed by atoms with Gasteiger partial charge in [0.25, 0.3) is 5.91 Å². The van der Waals surface area contributed by atoms with Crippen LogP contribution in [0.3, 0.4) is 0 Å². The molecule has 2 aromatic carbocycles. The molecule has 5 rings (SSSR count). The zero-order valence-electron chi connectivity index (χ0n) is 18.5. The highest BCUT2D eigenvalue weighted by molar-refractivity contribution is 5.99. The molecule has 6 nitrogen and oxygen atoms in total. The normalized spacial score (nSPS) is 12.8. The average molecular weight is 436 g/mol. The van der Waals surface area contributed by atoms with Gasteiger partial charge in [0, 0.05) is 31.0 Å². The lowest BCUT2D eigenvalue weighted by Gasteiger charge is -2.31. The Morgan fingerprint density at radius 2 is 1.76 bits per heavy atom. The van der Waals surface area contributed by atoms with E-state index in [1.54, 1.807) is 12.4 Å². The number of benzene rings is 2. The molecule has 6 heteroatoms. The molecule has 2 aromatic heterocycles. The second-order valence-electron chi connectivity index (χ2n) is 8.24. The summed E-state index contributed by atoms with van der Waals surface area (Å²) in [6.07, 6.45) is 4.28. The molecule has 0 unspecified atom stereocenters. The van der Waals surface area contributed by atoms with Crippen LogP contribution in [-0.2, 0) is 19.5 Å². The molecule has 33 heavy (non-hydrogen) atoms. The van der Waals surface area contributed by atoms with Gasteiger partial charge in [-0.2, -0.15) is 0 Å². The largest absolute Gasteiger partial charge is 0.351 e. The number of anilines is 1. The summed E-state index contributed by atoms with van der Waals surface area (Å²) < 4.78 is 0. The second kappa shape index (κ2) is 9.20. The molecule has 0 atom stereocenters. The molecule has 0 bridgehead atoms. The number of rotatable bonds is 5. The van der Waals surface area contributed by atoms with Crippen LogP contribution in [0.2, 0.25) is 0 Å². The van der Waals surface area contributed by atoms with Crippen LogP contribution in [-0.4, -0.2) is 27.4 Å². The molecule has 4 aromatic rings. The molecule has 0 saturated heterocycles. The molecule has 1 amide bonds. The molecule has 0 radical (unpaired) electrons. The second-order valence-corrected chi connectivity index (χ2v) is 8.24. The van der Waals surface area contributed by atoms with E-state index in [9.17, 15) is 4.79 Å². The smallest absolute Gasteiger partial charge is 0.256 e. The molecular weight excluding hydrogens is 410 g/mol. The number of amides is 1. The Kier molecular flexibility index (Phi) is 5.81. The van der Waals surface area contributed by atoms with Crippen molar-refractivity contribution in [3.05, 3.63) is 107 Å². The molecule has 3 heterocycles. The first kappa shape index (κ1) is 20.8. The van der Waals surface area contributed by atoms with Crippen molar-refractivity contribution >= 4 is 11.7 Å². The van der Waals surface area contributed by atoms with Crippen molar-refractivity contribution in [3.63, 3.8) is 0 Å². The zero-order chi connectivity index (χ0) is 22.6. The quantitative estimate of drug-likeness (QED) is 0.505. The fourth-order valence-corrected chi connectivity index (χ4v) is 4.06. The van der Waals surface area contributed by atoms with Gasteiger partial charge >= 0.3 is 0 Å². The Morgan fingerprint density at radius 1 is 0.970 bits per heavy atom. The predicted molar refractivity (Wildman–Crippen MR) is 129 cm³/mol. The topological polar surface area (TPSA) is 71.0 Å². The highest BCUT2D eigenvalue weighted by Crippen LogP contribution is 2.28. The van der Waals surface area contributed by atoms with Gasteiger partial charge in [-0.15, -0.1) is 0 Å². The summed E-state index contributed by atoms with van der Waals surface area (Å²) in [4.78, 5) is 29.1. The lowest BCUT2D eigenvalue weighted by molar-refractivity contribution is 0.0950. The van der Waals surface area contributed by atoms with Crippen molar-refractivity contribution in [2.75, 3.05) is 11.4 Å². The van der Waals surface area contributed by atoms with E-state index in [1.807, 2.05) is 42.5 Å². The van der Waals surface area contributed by atoms with Crippen molar-refractivity contribution in [1.82, 2.24) is 20.3 Å². The first-order chi connectivity index (χ1) is 16.2. The molecule has 0 aliphatic carbocycles. The highest BCUT2D eigenvalue weighted by atomic mass is 16.1. The van der Waals surface area contributed by atoms with Gasteiger partial charge in [0.15, 0.2) is 5.82 Å². The van der Waals surface area contributed by atoms with E-state index in [0.717, 1.165) is 24.2 Å². The van der Waals surface area contributed by atoms with E-state index >= 15 is 0 Å². The predicted octanol–water partition coefficient (Wildman–Crippen LogP) is 4.34. The zero-order valence-corrected chi connectivity index (χ0v) is 18.5. The number of nitrogens with zero attached hydrogens (tertiary/aromatic N) is 4. The van der Waals surface area contributed by atoms with E-state index in [4.69, 9.17) is 4.98 Å². The summed E-state index contributed by atoms with van der Waals surface area (Å²) in [5, 5.41) is 2.97. The molecule has 164 valence electrons. The number of carbonyl (C=O) groups excluding carboxylic acids is 1. The number of nitrogens with one attached hydrogen (secondary N) is 1. The van der Waals surface area contributed by atoms with Crippen molar-refractivity contribution in [3.8, 4) is 11.4 Å². The number of carbonyl (C=O) groups is 1. The summed E-state index contributed by atoms with van der Waals surface area (Å²) in [6, 6.07) is 22.2. The maximum Gasteiger partial charge on any atom is 0.256 e. The van der Waals surface area contributed by atoms with Crippen molar-refractivity contribution in [2.24, 2.45) is 0 Å². The Morgan fingerprint density at radius 3 is 2.55 bits per heavy atom. The molecular formula is C27H25N5O. The monoisotopic (exact) mass is 435 g/mol. The highest BCUT2D eigenvalue weighted by Gasteiger charge is 2.24. The fraction of sp³-hybridized carbons (Fsp3) is 0.185. The van der Waals surface area contributed by atoms with Crippen molar-refractivity contribution < 1.29 is 4.79 Å². The van der Waals surface area contributed by atoms with Gasteiger partial charge in [0.05, 0.1) is 12.2 Å². The van der Waals surface area contributed by atoms with E-state index in [1.165, 1.54) is 16.7 Å². The Labute approximate surface area is 193 Å². The standard InChI is InChI=1S/C27H25N5O/c1-19-9-11-21(12-10-19)25-29-17-24(27(33)30-16-23-8-4-5-14-28-23)26(31-25)32-15-13-20-6-2-3-7-22(20)18-32/h2-12,14,17H,13,15-16,18H2,1H3,(H,30,33). The molecule has 1 aliphatic heterocycles. The van der Waals surface area contributed by atoms with Crippen LogP contribution < -0.4 is 10.2 Å². The van der Waals surface area contributed by atoms with Crippen LogP contribution in [0.5, 0.6) is 0 Å². The minimum Gasteiger partial charge on any atom is -0.351 e. The minimum atomic E-state index is -0.204. The molecule has 1 N–H and O–H groups in total. The third-order valence-corrected chi connectivity index (χ3v) is 5.91. The third kappa shape index (κ3) is 4.60. The number of pyridine rings is 1. The van der Waals surface area contributed by atoms with Crippen molar-refractivity contribution in [2.45, 2.75) is 26.4 Å². The first-order valence-electron chi connectivity index (χ1n) is 11.1. The number of hydrogen-bond acceptors (Lipinski definition) is 5. The third-order valence-electron chi connectivity index (χ3n) is 5.91. The Hall–Kier alpha value is -4.06. The van der Waals surface area contributed by atoms with Crippen molar-refractivity contribution in [1.29, 1.82) is 0 Å². The van der Waals surface area contributed by atoms with Gasteiger partial charge < -0.3 is 10.2 Å². The maximum absolute atomic E-state index is 13.2. The van der Waals surface area contributed by atoms with Gasteiger partial charge in [0.1, 0.15) is 11.4 Å². The fourth-order valence-electron chi connectivity index (χ4n) is 4.06. The molecule has 1 aliphatic rings. The molecule has 0 saturated carbocycles. The molecule has 0 spiro atoms. The lowest BCUT2D eigenvalue weighted by atomic mass is 9.99. The van der Waals surface area contributed by atoms with Crippen LogP contribution in [0.1, 0.15) is 32.7 Å². The summed E-state index contributed by atoms with van der Waals surface area (Å²) in [5.41, 5.74) is 6.00. The molecule has 0 fully saturated rings. The van der Waals surface area contributed by atoms with Crippen LogP contribution in [0, 0.1) is 6.92 Å². The van der Waals surface area contributed by atoms with Crippen LogP contribution in [0.4, 0.5) is 5.82 Å². The Balaban J connectivity index is 1.48. The summed E-state index contributed by atoms with van der Waals surface area (Å²) in [6.45, 7) is 3.90. The number of fused-ring (bicyclic) bond motifs is 1. The van der Waals surface area contributed by atoms with E-state index in [-0.39, 0.29) is 5.91 Å². The van der Waals surface area contributed by atoms with Gasteiger partial charge in [-0.05, 0) is 36.6 Å². The SMILES string of the molecule is Cc1ccc(-c2ncc(C(=O)NCc3ccccn3)c(N3CCc4ccccc4C3)n2)cc1. The number of aromatic nitrogens is 3. The summed E-state index contributed by atoms with van der Waals surface area (Å²) in [5.74, 6) is 1.07. The van der Waals surface area contributed by atoms with E-state index in [2.05, 4.69) is 51.4 Å². The van der Waals surface area contributed by atoms with Crippen LogP contribution >= 0.6 is 0 Å². The summed E-state index contributed by atoms with van der Waals surface area (Å²) in [7, 11) is 0. The number of aryl methyl sites for hydroxylation is 1. The Bertz CT molecular complexity index is 1270. The van der Waals surface area contributed by atoms with E-state index < -0.39 is 0 Å². The van der Waals surface area contributed by atoms with Gasteiger partial charge in [0.2, 0.25) is 0 Å². The minimum absolute atomic E-state index is 0.204. The lowest BCUT2D eigenvalue weighted by Crippen LogP contribution is -2.34. The average Bonchev–Trinajstić information content (AvgIpc) is 2.88. The van der Waals surface area contributed by atoms with Gasteiger partial charge in [-0.3, -0.25) is 9.78 Å².